The number of aryl methyl sites for hydroxylation is 4. The van der Waals surface area contributed by atoms with Crippen molar-refractivity contribution in [1.82, 2.24) is 0 Å². The Balaban J connectivity index is 1.07. The van der Waals surface area contributed by atoms with E-state index in [0.717, 1.165) is 31.4 Å². The highest BCUT2D eigenvalue weighted by atomic mass is 32.2. The van der Waals surface area contributed by atoms with Gasteiger partial charge in [0.25, 0.3) is 0 Å². The highest BCUT2D eigenvalue weighted by molar-refractivity contribution is 7.95. The second kappa shape index (κ2) is 25.2. The molecular formula is C64H73N2S+. The van der Waals surface area contributed by atoms with Gasteiger partial charge in [0.1, 0.15) is 12.5 Å². The maximum absolute atomic E-state index is 2.44. The van der Waals surface area contributed by atoms with Gasteiger partial charge in [-0.15, -0.1) is 0 Å². The van der Waals surface area contributed by atoms with Gasteiger partial charge in [0.05, 0.1) is 5.69 Å². The largest absolute Gasteiger partial charge is 0.311 e. The van der Waals surface area contributed by atoms with Gasteiger partial charge in [-0.25, -0.2) is 0 Å². The minimum absolute atomic E-state index is 0.0529. The van der Waals surface area contributed by atoms with Crippen molar-refractivity contribution in [3.63, 3.8) is 0 Å². The SMILES string of the molecule is CCCCc1ccc(N(c2ccc(/C=C/c3ccc(/C=C/c4ccc(N(c5ccc(CCCC)cc5)c5cccc(CCCC)c5)cc4[S+](C)C)cc3)cc2)c2ccc(CCCC)cc2)cc1. The van der Waals surface area contributed by atoms with E-state index < -0.39 is 0 Å². The highest BCUT2D eigenvalue weighted by Crippen LogP contribution is 2.38. The van der Waals surface area contributed by atoms with Gasteiger partial charge >= 0.3 is 0 Å². The predicted molar refractivity (Wildman–Crippen MR) is 298 cm³/mol. The van der Waals surface area contributed by atoms with Crippen LogP contribution in [0.5, 0.6) is 0 Å². The first kappa shape index (κ1) is 48.9. The van der Waals surface area contributed by atoms with Crippen LogP contribution in [0.15, 0.2) is 169 Å². The van der Waals surface area contributed by atoms with Crippen LogP contribution in [0.1, 0.15) is 124 Å². The van der Waals surface area contributed by atoms with Crippen molar-refractivity contribution in [2.45, 2.75) is 110 Å². The molecule has 0 N–H and O–H groups in total. The highest BCUT2D eigenvalue weighted by Gasteiger charge is 2.20. The molecule has 67 heavy (non-hydrogen) atoms. The van der Waals surface area contributed by atoms with Gasteiger partial charge in [-0.1, -0.05) is 157 Å². The smallest absolute Gasteiger partial charge is 0.163 e. The van der Waals surface area contributed by atoms with Crippen molar-refractivity contribution in [3.05, 3.63) is 208 Å². The maximum atomic E-state index is 2.44. The molecule has 7 aromatic rings. The summed E-state index contributed by atoms with van der Waals surface area (Å²) in [5, 5.41) is 0. The molecule has 0 aliphatic heterocycles. The lowest BCUT2D eigenvalue weighted by molar-refractivity contribution is 0.795. The van der Waals surface area contributed by atoms with Crippen LogP contribution in [-0.2, 0) is 36.6 Å². The number of hydrogen-bond acceptors (Lipinski definition) is 2. The molecule has 344 valence electrons. The van der Waals surface area contributed by atoms with E-state index in [1.165, 1.54) is 129 Å². The number of nitrogens with zero attached hydrogens (tertiary/aromatic N) is 2. The van der Waals surface area contributed by atoms with Crippen LogP contribution >= 0.6 is 0 Å². The Morgan fingerprint density at radius 3 is 1.10 bits per heavy atom. The lowest BCUT2D eigenvalue weighted by atomic mass is 10.0. The molecule has 0 amide bonds. The molecule has 0 atom stereocenters. The number of rotatable bonds is 23. The first-order valence-electron chi connectivity index (χ1n) is 25.1. The minimum Gasteiger partial charge on any atom is -0.311 e. The molecule has 0 aliphatic carbocycles. The first-order valence-corrected chi connectivity index (χ1v) is 27.1. The number of benzene rings is 7. The Kier molecular flexibility index (Phi) is 18.4. The van der Waals surface area contributed by atoms with E-state index in [1.807, 2.05) is 0 Å². The fourth-order valence-corrected chi connectivity index (χ4v) is 9.65. The number of hydrogen-bond donors (Lipinski definition) is 0. The standard InChI is InChI=1S/C64H73N2S/c1-7-11-16-50-29-39-58(40-30-50)65(59-41-31-51(32-42-59)17-12-8-2)60-45-35-55(36-46-60)27-24-53-22-25-54(26-23-53)28-37-57-38-47-63(49-64(57)67(5)6)66(61-43-33-52(34-44-61)18-13-9-3)62-21-15-20-56(48-62)19-14-10-4/h15,20-49H,7-14,16-19H2,1-6H3/q+1/b27-24+,37-28+. The molecule has 0 bridgehead atoms. The summed E-state index contributed by atoms with van der Waals surface area (Å²) in [6.45, 7) is 9.05. The topological polar surface area (TPSA) is 6.48 Å². The van der Waals surface area contributed by atoms with Crippen LogP contribution in [0.3, 0.4) is 0 Å². The van der Waals surface area contributed by atoms with Gasteiger partial charge in [0.15, 0.2) is 4.90 Å². The van der Waals surface area contributed by atoms with Crippen molar-refractivity contribution in [2.75, 3.05) is 22.3 Å². The number of unbranched alkanes of at least 4 members (excludes halogenated alkanes) is 4. The molecular weight excluding hydrogens is 829 g/mol. The Hall–Kier alpha value is -6.03. The summed E-state index contributed by atoms with van der Waals surface area (Å²) >= 11 is 0. The average Bonchev–Trinajstić information content (AvgIpc) is 3.37. The van der Waals surface area contributed by atoms with Crippen molar-refractivity contribution in [2.24, 2.45) is 0 Å². The number of anilines is 6. The summed E-state index contributed by atoms with van der Waals surface area (Å²) in [7, 11) is 0.0529. The third-order valence-corrected chi connectivity index (χ3v) is 14.0. The third-order valence-electron chi connectivity index (χ3n) is 12.7. The normalized spacial score (nSPS) is 11.6. The molecule has 0 unspecified atom stereocenters. The quantitative estimate of drug-likeness (QED) is 0.0466. The van der Waals surface area contributed by atoms with Gasteiger partial charge in [0, 0.05) is 51.0 Å². The molecule has 7 aromatic carbocycles. The maximum Gasteiger partial charge on any atom is 0.163 e. The lowest BCUT2D eigenvalue weighted by Gasteiger charge is -2.26. The Labute approximate surface area is 407 Å². The Morgan fingerprint density at radius 2 is 0.687 bits per heavy atom. The molecule has 0 aliphatic rings. The fourth-order valence-electron chi connectivity index (χ4n) is 8.69. The van der Waals surface area contributed by atoms with Gasteiger partial charge in [0.2, 0.25) is 0 Å². The fraction of sp³-hybridized carbons (Fsp3) is 0.281. The molecule has 0 heterocycles. The van der Waals surface area contributed by atoms with Gasteiger partial charge in [-0.3, -0.25) is 0 Å². The van der Waals surface area contributed by atoms with E-state index >= 15 is 0 Å². The molecule has 7 rings (SSSR count). The molecule has 0 spiro atoms. The van der Waals surface area contributed by atoms with E-state index in [0.29, 0.717) is 0 Å². The van der Waals surface area contributed by atoms with Gasteiger partial charge in [-0.05, 0) is 169 Å². The van der Waals surface area contributed by atoms with Crippen molar-refractivity contribution in [1.29, 1.82) is 0 Å². The Morgan fingerprint density at radius 1 is 0.343 bits per heavy atom. The summed E-state index contributed by atoms with van der Waals surface area (Å²) in [4.78, 5) is 6.19. The summed E-state index contributed by atoms with van der Waals surface area (Å²) in [6.07, 6.45) is 27.8. The van der Waals surface area contributed by atoms with E-state index in [1.54, 1.807) is 0 Å². The molecule has 0 radical (unpaired) electrons. The van der Waals surface area contributed by atoms with E-state index in [4.69, 9.17) is 0 Å². The van der Waals surface area contributed by atoms with Crippen LogP contribution in [0.25, 0.3) is 24.3 Å². The monoisotopic (exact) mass is 902 g/mol. The molecule has 0 saturated heterocycles. The summed E-state index contributed by atoms with van der Waals surface area (Å²) in [5.41, 5.74) is 17.5. The van der Waals surface area contributed by atoms with Crippen molar-refractivity contribution >= 4 is 69.3 Å². The van der Waals surface area contributed by atoms with Crippen molar-refractivity contribution in [3.8, 4) is 0 Å². The van der Waals surface area contributed by atoms with E-state index in [2.05, 4.69) is 238 Å². The molecule has 0 aromatic heterocycles. The van der Waals surface area contributed by atoms with Crippen LogP contribution in [-0.4, -0.2) is 12.5 Å². The zero-order valence-corrected chi connectivity index (χ0v) is 42.0. The molecule has 3 heteroatoms. The second-order valence-electron chi connectivity index (χ2n) is 18.2. The summed E-state index contributed by atoms with van der Waals surface area (Å²) in [6, 6.07) is 61.6. The van der Waals surface area contributed by atoms with E-state index in [9.17, 15) is 0 Å². The van der Waals surface area contributed by atoms with Crippen LogP contribution < -0.4 is 9.80 Å². The second-order valence-corrected chi connectivity index (χ2v) is 20.3. The van der Waals surface area contributed by atoms with Crippen LogP contribution in [0, 0.1) is 0 Å². The molecule has 2 nitrogen and oxygen atoms in total. The van der Waals surface area contributed by atoms with Crippen LogP contribution in [0.2, 0.25) is 0 Å². The third kappa shape index (κ3) is 13.8. The van der Waals surface area contributed by atoms with Gasteiger partial charge < -0.3 is 9.80 Å². The van der Waals surface area contributed by atoms with Crippen molar-refractivity contribution < 1.29 is 0 Å². The van der Waals surface area contributed by atoms with E-state index in [-0.39, 0.29) is 10.9 Å². The first-order chi connectivity index (χ1) is 32.8. The summed E-state index contributed by atoms with van der Waals surface area (Å²) in [5.74, 6) is 0. The molecule has 0 fully saturated rings. The summed E-state index contributed by atoms with van der Waals surface area (Å²) < 4.78 is 0. The Bertz CT molecular complexity index is 2570. The zero-order chi connectivity index (χ0) is 46.8. The lowest BCUT2D eigenvalue weighted by Crippen LogP contribution is -2.12. The van der Waals surface area contributed by atoms with Gasteiger partial charge in [-0.2, -0.15) is 0 Å². The molecule has 0 saturated carbocycles. The predicted octanol–water partition coefficient (Wildman–Crippen LogP) is 18.6. The minimum atomic E-state index is 0.0529. The van der Waals surface area contributed by atoms with Crippen LogP contribution in [0.4, 0.5) is 34.1 Å². The zero-order valence-electron chi connectivity index (χ0n) is 41.2. The average molecular weight is 902 g/mol.